The van der Waals surface area contributed by atoms with E-state index in [1.165, 1.54) is 33.7 Å². The molecule has 0 radical (unpaired) electrons. The normalized spacial score (nSPS) is 11.2. The van der Waals surface area contributed by atoms with Crippen LogP contribution in [0.2, 0.25) is 0 Å². The largest absolute Gasteiger partial charge is 0.301 e. The third-order valence-electron chi connectivity index (χ3n) is 3.53. The van der Waals surface area contributed by atoms with Gasteiger partial charge >= 0.3 is 0 Å². The van der Waals surface area contributed by atoms with E-state index < -0.39 is 10.0 Å². The average molecular weight is 427 g/mol. The summed E-state index contributed by atoms with van der Waals surface area (Å²) in [5.41, 5.74) is 1.50. The van der Waals surface area contributed by atoms with Gasteiger partial charge in [0.2, 0.25) is 21.1 Å². The predicted octanol–water partition coefficient (Wildman–Crippen LogP) is 3.31. The smallest absolute Gasteiger partial charge is 0.232 e. The summed E-state index contributed by atoms with van der Waals surface area (Å²) in [4.78, 5) is 12.1. The summed E-state index contributed by atoms with van der Waals surface area (Å²) in [6.07, 6.45) is 3.52. The van der Waals surface area contributed by atoms with Crippen LogP contribution in [0, 0.1) is 6.92 Å². The Balaban J connectivity index is 1.91. The van der Waals surface area contributed by atoms with Gasteiger partial charge in [0.05, 0.1) is 11.9 Å². The van der Waals surface area contributed by atoms with Crippen LogP contribution in [-0.4, -0.2) is 43.1 Å². The summed E-state index contributed by atoms with van der Waals surface area (Å²) in [6, 6.07) is 7.28. The van der Waals surface area contributed by atoms with Crippen molar-refractivity contribution in [1.82, 2.24) is 10.2 Å². The number of amides is 1. The SMILES string of the molecule is C=CCSc1nnc(NC(=O)CCCN(c2ccccc2C)S(C)(=O)=O)s1. The van der Waals surface area contributed by atoms with Crippen molar-refractivity contribution >= 4 is 49.8 Å². The fourth-order valence-electron chi connectivity index (χ4n) is 2.32. The molecule has 0 saturated carbocycles. The minimum atomic E-state index is -3.43. The first-order valence-electron chi connectivity index (χ1n) is 8.21. The lowest BCUT2D eigenvalue weighted by Gasteiger charge is -2.24. The number of benzene rings is 1. The maximum atomic E-state index is 12.1. The highest BCUT2D eigenvalue weighted by Crippen LogP contribution is 2.26. The molecule has 0 fully saturated rings. The highest BCUT2D eigenvalue weighted by molar-refractivity contribution is 8.01. The van der Waals surface area contributed by atoms with Crippen molar-refractivity contribution in [3.63, 3.8) is 0 Å². The van der Waals surface area contributed by atoms with Crippen LogP contribution in [0.25, 0.3) is 0 Å². The molecule has 1 aromatic carbocycles. The number of thioether (sulfide) groups is 1. The highest BCUT2D eigenvalue weighted by atomic mass is 32.2. The number of hydrogen-bond acceptors (Lipinski definition) is 7. The fourth-order valence-corrected chi connectivity index (χ4v) is 4.87. The van der Waals surface area contributed by atoms with Gasteiger partial charge in [0, 0.05) is 18.7 Å². The van der Waals surface area contributed by atoms with Crippen LogP contribution in [0.5, 0.6) is 0 Å². The monoisotopic (exact) mass is 426 g/mol. The third kappa shape index (κ3) is 6.64. The molecule has 0 aliphatic carbocycles. The van der Waals surface area contributed by atoms with Gasteiger partial charge < -0.3 is 5.32 Å². The first-order valence-corrected chi connectivity index (χ1v) is 11.9. The maximum absolute atomic E-state index is 12.1. The molecule has 0 aliphatic rings. The van der Waals surface area contributed by atoms with Gasteiger partial charge in [-0.2, -0.15) is 0 Å². The van der Waals surface area contributed by atoms with E-state index in [1.54, 1.807) is 18.2 Å². The Labute approximate surface area is 167 Å². The molecule has 2 aromatic rings. The van der Waals surface area contributed by atoms with Crippen LogP contribution in [0.4, 0.5) is 10.8 Å². The van der Waals surface area contributed by atoms with Crippen molar-refractivity contribution in [2.24, 2.45) is 0 Å². The van der Waals surface area contributed by atoms with Gasteiger partial charge in [-0.15, -0.1) is 16.8 Å². The summed E-state index contributed by atoms with van der Waals surface area (Å²) in [5, 5.41) is 11.0. The second kappa shape index (κ2) is 9.86. The van der Waals surface area contributed by atoms with Crippen molar-refractivity contribution in [3.05, 3.63) is 42.5 Å². The first-order chi connectivity index (χ1) is 12.8. The lowest BCUT2D eigenvalue weighted by Crippen LogP contribution is -2.32. The number of anilines is 2. The summed E-state index contributed by atoms with van der Waals surface area (Å²) in [6.45, 7) is 5.73. The molecular weight excluding hydrogens is 404 g/mol. The Morgan fingerprint density at radius 1 is 1.37 bits per heavy atom. The molecule has 27 heavy (non-hydrogen) atoms. The van der Waals surface area contributed by atoms with Crippen molar-refractivity contribution < 1.29 is 13.2 Å². The molecule has 0 bridgehead atoms. The van der Waals surface area contributed by atoms with E-state index in [0.29, 0.717) is 17.2 Å². The molecule has 1 N–H and O–H groups in total. The van der Waals surface area contributed by atoms with Crippen LogP contribution in [0.15, 0.2) is 41.3 Å². The zero-order valence-electron chi connectivity index (χ0n) is 15.2. The molecule has 0 unspecified atom stereocenters. The summed E-state index contributed by atoms with van der Waals surface area (Å²) >= 11 is 2.79. The standard InChI is InChI=1S/C17H22N4O3S3/c1-4-12-25-17-20-19-16(26-17)18-15(22)10-7-11-21(27(3,23)24)14-9-6-5-8-13(14)2/h4-6,8-9H,1,7,10-12H2,2-3H3,(H,18,19,22). The molecule has 0 atom stereocenters. The summed E-state index contributed by atoms with van der Waals surface area (Å²) in [7, 11) is -3.43. The molecule has 10 heteroatoms. The number of rotatable bonds is 10. The number of nitrogens with one attached hydrogen (secondary N) is 1. The van der Waals surface area contributed by atoms with Crippen molar-refractivity contribution in [2.75, 3.05) is 28.2 Å². The van der Waals surface area contributed by atoms with E-state index in [1.807, 2.05) is 19.1 Å². The first kappa shape index (κ1) is 21.4. The van der Waals surface area contributed by atoms with Gasteiger partial charge in [-0.1, -0.05) is 47.4 Å². The molecule has 1 aromatic heterocycles. The quantitative estimate of drug-likeness (QED) is 0.356. The maximum Gasteiger partial charge on any atom is 0.232 e. The van der Waals surface area contributed by atoms with E-state index in [9.17, 15) is 13.2 Å². The highest BCUT2D eigenvalue weighted by Gasteiger charge is 2.19. The van der Waals surface area contributed by atoms with E-state index >= 15 is 0 Å². The van der Waals surface area contributed by atoms with Crippen molar-refractivity contribution in [1.29, 1.82) is 0 Å². The predicted molar refractivity (Wildman–Crippen MR) is 112 cm³/mol. The Kier molecular flexibility index (Phi) is 7.81. The van der Waals surface area contributed by atoms with Crippen LogP contribution < -0.4 is 9.62 Å². The van der Waals surface area contributed by atoms with Gasteiger partial charge in [-0.25, -0.2) is 8.42 Å². The van der Waals surface area contributed by atoms with Gasteiger partial charge in [-0.05, 0) is 25.0 Å². The van der Waals surface area contributed by atoms with Gasteiger partial charge in [-0.3, -0.25) is 9.10 Å². The molecule has 0 saturated heterocycles. The number of para-hydroxylation sites is 1. The van der Waals surface area contributed by atoms with Crippen LogP contribution in [0.3, 0.4) is 0 Å². The summed E-state index contributed by atoms with van der Waals surface area (Å²) < 4.78 is 26.4. The lowest BCUT2D eigenvalue weighted by molar-refractivity contribution is -0.116. The average Bonchev–Trinajstić information content (AvgIpc) is 3.04. The second-order valence-electron chi connectivity index (χ2n) is 5.75. The van der Waals surface area contributed by atoms with Crippen LogP contribution >= 0.6 is 23.1 Å². The number of aromatic nitrogens is 2. The third-order valence-corrected chi connectivity index (χ3v) is 6.67. The van der Waals surface area contributed by atoms with E-state index in [0.717, 1.165) is 15.7 Å². The molecule has 7 nitrogen and oxygen atoms in total. The molecule has 0 spiro atoms. The van der Waals surface area contributed by atoms with Crippen LogP contribution in [0.1, 0.15) is 18.4 Å². The van der Waals surface area contributed by atoms with Crippen LogP contribution in [-0.2, 0) is 14.8 Å². The fraction of sp³-hybridized carbons (Fsp3) is 0.353. The number of carbonyl (C=O) groups excluding carboxylic acids is 1. The zero-order chi connectivity index (χ0) is 19.9. The lowest BCUT2D eigenvalue weighted by atomic mass is 10.2. The molecule has 2 rings (SSSR count). The minimum Gasteiger partial charge on any atom is -0.301 e. The van der Waals surface area contributed by atoms with Gasteiger partial charge in [0.1, 0.15) is 0 Å². The van der Waals surface area contributed by atoms with Crippen molar-refractivity contribution in [3.8, 4) is 0 Å². The molecule has 1 heterocycles. The minimum absolute atomic E-state index is 0.187. The number of sulfonamides is 1. The number of hydrogen-bond donors (Lipinski definition) is 1. The van der Waals surface area contributed by atoms with Gasteiger partial charge in [0.25, 0.3) is 0 Å². The Morgan fingerprint density at radius 3 is 2.78 bits per heavy atom. The number of nitrogens with zero attached hydrogens (tertiary/aromatic N) is 3. The molecule has 146 valence electrons. The van der Waals surface area contributed by atoms with E-state index in [4.69, 9.17) is 0 Å². The molecule has 1 amide bonds. The Hall–Kier alpha value is -1.91. The van der Waals surface area contributed by atoms with Gasteiger partial charge in [0.15, 0.2) is 4.34 Å². The number of aryl methyl sites for hydroxylation is 1. The molecule has 0 aliphatic heterocycles. The van der Waals surface area contributed by atoms with Crippen molar-refractivity contribution in [2.45, 2.75) is 24.1 Å². The van der Waals surface area contributed by atoms with E-state index in [2.05, 4.69) is 22.1 Å². The zero-order valence-corrected chi connectivity index (χ0v) is 17.7. The second-order valence-corrected chi connectivity index (χ2v) is 9.90. The topological polar surface area (TPSA) is 92.3 Å². The molecular formula is C17H22N4O3S3. The number of carbonyl (C=O) groups is 1. The Bertz CT molecular complexity index is 896. The Morgan fingerprint density at radius 2 is 2.11 bits per heavy atom. The summed E-state index contributed by atoms with van der Waals surface area (Å²) in [5.74, 6) is 0.507. The van der Waals surface area contributed by atoms with E-state index in [-0.39, 0.29) is 18.9 Å².